The lowest BCUT2D eigenvalue weighted by molar-refractivity contribution is -0.122. The number of methoxy groups -OCH3 is 2. The second-order valence-corrected chi connectivity index (χ2v) is 7.85. The van der Waals surface area contributed by atoms with Crippen LogP contribution >= 0.6 is 0 Å². The van der Waals surface area contributed by atoms with Crippen LogP contribution in [-0.4, -0.2) is 37.1 Å². The number of aromatic nitrogens is 2. The Kier molecular flexibility index (Phi) is 8.94. The first-order chi connectivity index (χ1) is 16.1. The fraction of sp³-hybridized carbons (Fsp3) is 0.370. The highest BCUT2D eigenvalue weighted by Gasteiger charge is 2.17. The van der Waals surface area contributed by atoms with Gasteiger partial charge >= 0.3 is 0 Å². The highest BCUT2D eigenvalue weighted by atomic mass is 16.7. The quantitative estimate of drug-likeness (QED) is 0.375. The predicted molar refractivity (Wildman–Crippen MR) is 128 cm³/mol. The zero-order valence-corrected chi connectivity index (χ0v) is 19.8. The Hall–Kier alpha value is -3.27. The maximum absolute atomic E-state index is 9.41. The van der Waals surface area contributed by atoms with Gasteiger partial charge in [-0.05, 0) is 42.5 Å². The van der Waals surface area contributed by atoms with Crippen LogP contribution in [-0.2, 0) is 22.3 Å². The lowest BCUT2D eigenvalue weighted by Crippen LogP contribution is -2.23. The first kappa shape index (κ1) is 24.4. The fourth-order valence-electron chi connectivity index (χ4n) is 3.69. The van der Waals surface area contributed by atoms with E-state index < -0.39 is 6.29 Å². The molecule has 2 aromatic carbocycles. The minimum Gasteiger partial charge on any atom is -0.472 e. The second-order valence-electron chi connectivity index (χ2n) is 7.85. The van der Waals surface area contributed by atoms with Crippen molar-refractivity contribution in [2.75, 3.05) is 20.8 Å². The van der Waals surface area contributed by atoms with Crippen molar-refractivity contribution in [3.8, 4) is 23.1 Å². The molecule has 3 rings (SSSR count). The highest BCUT2D eigenvalue weighted by Crippen LogP contribution is 2.27. The van der Waals surface area contributed by atoms with Crippen molar-refractivity contribution in [1.82, 2.24) is 9.97 Å². The molecule has 1 aromatic heterocycles. The Bertz CT molecular complexity index is 1090. The molecule has 1 heterocycles. The molecule has 0 radical (unpaired) electrons. The van der Waals surface area contributed by atoms with E-state index in [0.717, 1.165) is 47.2 Å². The number of hydrogen-bond donors (Lipinski definition) is 0. The van der Waals surface area contributed by atoms with Crippen LogP contribution in [0.1, 0.15) is 48.0 Å². The third-order valence-electron chi connectivity index (χ3n) is 5.51. The summed E-state index contributed by atoms with van der Waals surface area (Å²) in [5, 5.41) is 9.41. The average molecular weight is 446 g/mol. The van der Waals surface area contributed by atoms with Crippen LogP contribution in [0.3, 0.4) is 0 Å². The van der Waals surface area contributed by atoms with Crippen LogP contribution in [0.4, 0.5) is 0 Å². The van der Waals surface area contributed by atoms with Crippen LogP contribution in [0.2, 0.25) is 0 Å². The summed E-state index contributed by atoms with van der Waals surface area (Å²) >= 11 is 0. The molecule has 0 spiro atoms. The fourth-order valence-corrected chi connectivity index (χ4v) is 3.69. The van der Waals surface area contributed by atoms with Gasteiger partial charge in [-0.1, -0.05) is 55.8 Å². The molecule has 0 saturated heterocycles. The van der Waals surface area contributed by atoms with Gasteiger partial charge in [-0.25, -0.2) is 4.98 Å². The van der Waals surface area contributed by atoms with E-state index in [-0.39, 0.29) is 6.61 Å². The summed E-state index contributed by atoms with van der Waals surface area (Å²) < 4.78 is 16.6. The van der Waals surface area contributed by atoms with Crippen molar-refractivity contribution in [2.45, 2.75) is 45.8 Å². The molecule has 0 aliphatic carbocycles. The molecule has 0 aliphatic rings. The van der Waals surface area contributed by atoms with Gasteiger partial charge in [0.05, 0.1) is 17.3 Å². The zero-order valence-electron chi connectivity index (χ0n) is 19.8. The van der Waals surface area contributed by atoms with Crippen LogP contribution < -0.4 is 4.74 Å². The van der Waals surface area contributed by atoms with Gasteiger partial charge in [0.15, 0.2) is 6.29 Å². The third kappa shape index (κ3) is 6.38. The van der Waals surface area contributed by atoms with E-state index in [9.17, 15) is 5.26 Å². The summed E-state index contributed by atoms with van der Waals surface area (Å²) in [6.45, 7) is 4.30. The van der Waals surface area contributed by atoms with Gasteiger partial charge in [-0.2, -0.15) is 10.2 Å². The van der Waals surface area contributed by atoms with Crippen molar-refractivity contribution in [1.29, 1.82) is 5.26 Å². The predicted octanol–water partition coefficient (Wildman–Crippen LogP) is 5.25. The zero-order chi connectivity index (χ0) is 23.6. The van der Waals surface area contributed by atoms with Crippen molar-refractivity contribution in [3.63, 3.8) is 0 Å². The molecule has 0 atom stereocenters. The molecule has 0 saturated carbocycles. The number of ether oxygens (including phenoxy) is 3. The number of rotatable bonds is 11. The third-order valence-corrected chi connectivity index (χ3v) is 5.51. The Balaban J connectivity index is 1.91. The Labute approximate surface area is 196 Å². The maximum Gasteiger partial charge on any atom is 0.220 e. The van der Waals surface area contributed by atoms with Gasteiger partial charge in [-0.15, -0.1) is 0 Å². The van der Waals surface area contributed by atoms with Crippen molar-refractivity contribution in [3.05, 3.63) is 76.7 Å². The largest absolute Gasteiger partial charge is 0.472 e. The SMILES string of the molecule is CCCCc1nc(C)nc(OCC(OC)OC)c1Cc1ccc(-c2ccccc2C#N)cc1. The van der Waals surface area contributed by atoms with Gasteiger partial charge in [0.2, 0.25) is 5.88 Å². The van der Waals surface area contributed by atoms with Crippen LogP contribution in [0.15, 0.2) is 48.5 Å². The molecule has 6 nitrogen and oxygen atoms in total. The molecule has 172 valence electrons. The molecule has 6 heteroatoms. The number of nitrogens with zero attached hydrogens (tertiary/aromatic N) is 3. The minimum atomic E-state index is -0.466. The average Bonchev–Trinajstić information content (AvgIpc) is 2.85. The van der Waals surface area contributed by atoms with E-state index in [2.05, 4.69) is 42.2 Å². The topological polar surface area (TPSA) is 77.3 Å². The first-order valence-corrected chi connectivity index (χ1v) is 11.2. The summed E-state index contributed by atoms with van der Waals surface area (Å²) in [6.07, 6.45) is 3.19. The van der Waals surface area contributed by atoms with Crippen LogP contribution in [0.25, 0.3) is 11.1 Å². The number of nitriles is 1. The highest BCUT2D eigenvalue weighted by molar-refractivity contribution is 5.70. The van der Waals surface area contributed by atoms with Gasteiger partial charge in [0.1, 0.15) is 12.4 Å². The van der Waals surface area contributed by atoms with Gasteiger partial charge in [0, 0.05) is 26.2 Å². The summed E-state index contributed by atoms with van der Waals surface area (Å²) in [7, 11) is 3.17. The molecule has 0 amide bonds. The number of aryl methyl sites for hydroxylation is 2. The molecule has 0 bridgehead atoms. The normalized spacial score (nSPS) is 10.9. The lowest BCUT2D eigenvalue weighted by Gasteiger charge is -2.18. The van der Waals surface area contributed by atoms with E-state index in [1.807, 2.05) is 31.2 Å². The van der Waals surface area contributed by atoms with Crippen molar-refractivity contribution < 1.29 is 14.2 Å². The standard InChI is InChI=1S/C27H31N3O3/c1-5-6-11-25-24(27(30-19(2)29-25)33-18-26(31-3)32-4)16-20-12-14-21(15-13-20)23-10-8-7-9-22(23)17-28/h7-10,12-15,26H,5-6,11,16,18H2,1-4H3. The summed E-state index contributed by atoms with van der Waals surface area (Å²) in [5.41, 5.74) is 5.75. The van der Waals surface area contributed by atoms with Gasteiger partial charge in [0.25, 0.3) is 0 Å². The van der Waals surface area contributed by atoms with E-state index in [4.69, 9.17) is 19.2 Å². The smallest absolute Gasteiger partial charge is 0.220 e. The van der Waals surface area contributed by atoms with Crippen molar-refractivity contribution in [2.24, 2.45) is 0 Å². The van der Waals surface area contributed by atoms with E-state index in [1.165, 1.54) is 0 Å². The minimum absolute atomic E-state index is 0.244. The summed E-state index contributed by atoms with van der Waals surface area (Å²) in [6, 6.07) is 18.2. The Morgan fingerprint density at radius 1 is 1.00 bits per heavy atom. The summed E-state index contributed by atoms with van der Waals surface area (Å²) in [5.74, 6) is 1.27. The molecule has 0 fully saturated rings. The Morgan fingerprint density at radius 3 is 2.39 bits per heavy atom. The first-order valence-electron chi connectivity index (χ1n) is 11.2. The lowest BCUT2D eigenvalue weighted by atomic mass is 9.96. The number of unbranched alkanes of at least 4 members (excludes halogenated alkanes) is 1. The molecular weight excluding hydrogens is 414 g/mol. The van der Waals surface area contributed by atoms with Crippen LogP contribution in [0, 0.1) is 18.3 Å². The van der Waals surface area contributed by atoms with Crippen LogP contribution in [0.5, 0.6) is 5.88 Å². The number of benzene rings is 2. The Morgan fingerprint density at radius 2 is 1.73 bits per heavy atom. The van der Waals surface area contributed by atoms with Crippen molar-refractivity contribution >= 4 is 0 Å². The molecule has 0 unspecified atom stereocenters. The number of hydrogen-bond acceptors (Lipinski definition) is 6. The monoisotopic (exact) mass is 445 g/mol. The van der Waals surface area contributed by atoms with Gasteiger partial charge < -0.3 is 14.2 Å². The molecule has 0 N–H and O–H groups in total. The van der Waals surface area contributed by atoms with E-state index in [0.29, 0.717) is 23.7 Å². The second kappa shape index (κ2) is 12.1. The maximum atomic E-state index is 9.41. The molecule has 33 heavy (non-hydrogen) atoms. The van der Waals surface area contributed by atoms with E-state index >= 15 is 0 Å². The molecule has 3 aromatic rings. The summed E-state index contributed by atoms with van der Waals surface area (Å²) in [4.78, 5) is 9.32. The van der Waals surface area contributed by atoms with Gasteiger partial charge in [-0.3, -0.25) is 0 Å². The van der Waals surface area contributed by atoms with E-state index in [1.54, 1.807) is 14.2 Å². The molecular formula is C27H31N3O3. The molecule has 0 aliphatic heterocycles.